The average molecular weight is 504 g/mol. The lowest BCUT2D eigenvalue weighted by Gasteiger charge is -2.74. The third-order valence-electron chi connectivity index (χ3n) is 6.18. The quantitative estimate of drug-likeness (QED) is 0.300. The van der Waals surface area contributed by atoms with E-state index in [2.05, 4.69) is 11.3 Å². The van der Waals surface area contributed by atoms with E-state index >= 15 is 0 Å². The number of alkyl halides is 15. The van der Waals surface area contributed by atoms with Crippen LogP contribution in [0.5, 0.6) is 0 Å². The van der Waals surface area contributed by atoms with Crippen molar-refractivity contribution >= 4 is 5.97 Å². The Morgan fingerprint density at radius 1 is 0.594 bits per heavy atom. The molecular weight excluding hydrogens is 497 g/mol. The summed E-state index contributed by atoms with van der Waals surface area (Å²) in [7, 11) is 0. The van der Waals surface area contributed by atoms with Gasteiger partial charge in [0.05, 0.1) is 0 Å². The number of ether oxygens (including phenoxy) is 1. The summed E-state index contributed by atoms with van der Waals surface area (Å²) in [6, 6.07) is 0. The second kappa shape index (κ2) is 5.28. The fourth-order valence-electron chi connectivity index (χ4n) is 4.35. The van der Waals surface area contributed by atoms with Crippen molar-refractivity contribution in [3.05, 3.63) is 12.2 Å². The van der Waals surface area contributed by atoms with Crippen LogP contribution in [0.4, 0.5) is 65.9 Å². The lowest BCUT2D eigenvalue weighted by molar-refractivity contribution is -0.614. The van der Waals surface area contributed by atoms with Gasteiger partial charge in [-0.15, -0.1) is 0 Å². The lowest BCUT2D eigenvalue weighted by atomic mass is 9.40. The lowest BCUT2D eigenvalue weighted by Crippen LogP contribution is -3.10. The van der Waals surface area contributed by atoms with E-state index in [1.54, 1.807) is 0 Å². The van der Waals surface area contributed by atoms with Crippen LogP contribution < -0.4 is 0 Å². The van der Waals surface area contributed by atoms with E-state index in [0.29, 0.717) is 0 Å². The van der Waals surface area contributed by atoms with Gasteiger partial charge < -0.3 is 4.74 Å². The van der Waals surface area contributed by atoms with E-state index in [9.17, 15) is 70.7 Å². The zero-order valence-electron chi connectivity index (χ0n) is 14.9. The summed E-state index contributed by atoms with van der Waals surface area (Å²) in [5.74, 6) is -49.9. The molecule has 4 saturated carbocycles. The highest BCUT2D eigenvalue weighted by Crippen LogP contribution is 2.88. The largest absolute Gasteiger partial charge is 0.436 e. The maximum absolute atomic E-state index is 14.8. The maximum Gasteiger partial charge on any atom is 0.345 e. The molecular formula is C15H7F15O2. The highest BCUT2D eigenvalue weighted by atomic mass is 19.3. The Labute approximate surface area is 166 Å². The van der Waals surface area contributed by atoms with E-state index in [0.717, 1.165) is 6.92 Å². The summed E-state index contributed by atoms with van der Waals surface area (Å²) < 4.78 is 220. The van der Waals surface area contributed by atoms with Crippen LogP contribution in [0.1, 0.15) is 13.3 Å². The molecule has 4 aliphatic carbocycles. The first-order chi connectivity index (χ1) is 13.9. The summed E-state index contributed by atoms with van der Waals surface area (Å²) in [4.78, 5) is 11.7. The van der Waals surface area contributed by atoms with Gasteiger partial charge in [-0.05, 0) is 6.42 Å². The topological polar surface area (TPSA) is 26.3 Å². The van der Waals surface area contributed by atoms with Gasteiger partial charge in [-0.2, -0.15) is 52.7 Å². The van der Waals surface area contributed by atoms with Gasteiger partial charge in [-0.1, -0.05) is 13.5 Å². The molecule has 0 amide bonds. The van der Waals surface area contributed by atoms with E-state index in [1.165, 1.54) is 0 Å². The van der Waals surface area contributed by atoms with E-state index in [1.807, 2.05) is 0 Å². The number of hydrogen-bond acceptors (Lipinski definition) is 2. The summed E-state index contributed by atoms with van der Waals surface area (Å²) in [5.41, 5.74) is -31.9. The molecule has 0 saturated heterocycles. The van der Waals surface area contributed by atoms with Crippen molar-refractivity contribution < 1.29 is 75.4 Å². The summed E-state index contributed by atoms with van der Waals surface area (Å²) in [6.07, 6.45) is -0.845. The van der Waals surface area contributed by atoms with Crippen molar-refractivity contribution in [2.75, 3.05) is 0 Å². The zero-order valence-corrected chi connectivity index (χ0v) is 14.9. The first-order valence-electron chi connectivity index (χ1n) is 8.11. The average Bonchev–Trinajstić information content (AvgIpc) is 2.64. The van der Waals surface area contributed by atoms with Crippen molar-refractivity contribution in [3.63, 3.8) is 0 Å². The van der Waals surface area contributed by atoms with Gasteiger partial charge in [0.15, 0.2) is 0 Å². The normalized spacial score (nSPS) is 45.4. The second-order valence-electron chi connectivity index (χ2n) is 7.45. The molecule has 0 radical (unpaired) electrons. The number of halogens is 15. The molecule has 0 N–H and O–H groups in total. The molecule has 4 fully saturated rings. The van der Waals surface area contributed by atoms with Crippen LogP contribution in [0.3, 0.4) is 0 Å². The van der Waals surface area contributed by atoms with Crippen LogP contribution in [0.25, 0.3) is 0 Å². The monoisotopic (exact) mass is 504 g/mol. The van der Waals surface area contributed by atoms with Gasteiger partial charge in [0.1, 0.15) is 0 Å². The highest BCUT2D eigenvalue weighted by Gasteiger charge is 3.24. The smallest absolute Gasteiger partial charge is 0.345 e. The predicted octanol–water partition coefficient (Wildman–Crippen LogP) is 5.21. The third kappa shape index (κ3) is 1.51. The molecule has 0 spiro atoms. The molecule has 4 aliphatic rings. The van der Waals surface area contributed by atoms with Crippen molar-refractivity contribution in [2.24, 2.45) is 0 Å². The molecule has 0 aromatic carbocycles. The van der Waals surface area contributed by atoms with Crippen molar-refractivity contribution in [3.8, 4) is 0 Å². The molecule has 0 heterocycles. The standard InChI is InChI=1S/C15H7F15O2/c1-3-4(2)5(31)32-9-13(25,26)6(16)10(19,20)7(17,14(9,27)28)12(23,24)8(18,11(6,21)22)15(9,29)30/h2-3H2,1H3. The molecule has 4 rings (SSSR count). The van der Waals surface area contributed by atoms with Crippen LogP contribution in [-0.2, 0) is 9.53 Å². The Morgan fingerprint density at radius 2 is 0.844 bits per heavy atom. The van der Waals surface area contributed by atoms with E-state index in [-0.39, 0.29) is 0 Å². The van der Waals surface area contributed by atoms with Crippen molar-refractivity contribution in [1.29, 1.82) is 0 Å². The Morgan fingerprint density at radius 3 is 1.06 bits per heavy atom. The first-order valence-corrected chi connectivity index (χ1v) is 8.11. The molecule has 0 aliphatic heterocycles. The molecule has 0 unspecified atom stereocenters. The van der Waals surface area contributed by atoms with Gasteiger partial charge in [0.25, 0.3) is 0 Å². The van der Waals surface area contributed by atoms with Crippen molar-refractivity contribution in [1.82, 2.24) is 0 Å². The molecule has 17 heteroatoms. The minimum atomic E-state index is -7.91. The fraction of sp³-hybridized carbons (Fsp3) is 0.800. The number of rotatable bonds is 3. The molecule has 0 aromatic rings. The van der Waals surface area contributed by atoms with Crippen LogP contribution in [0.2, 0.25) is 0 Å². The predicted molar refractivity (Wildman–Crippen MR) is 69.5 cm³/mol. The minimum absolute atomic E-state index is 0.845. The summed E-state index contributed by atoms with van der Waals surface area (Å²) in [6.45, 7) is 3.46. The van der Waals surface area contributed by atoms with Gasteiger partial charge >= 0.3 is 64.1 Å². The number of carbonyl (C=O) groups is 1. The van der Waals surface area contributed by atoms with Crippen LogP contribution in [0, 0.1) is 0 Å². The molecule has 4 bridgehead atoms. The van der Waals surface area contributed by atoms with Gasteiger partial charge in [0, 0.05) is 5.57 Å². The number of esters is 1. The molecule has 32 heavy (non-hydrogen) atoms. The second-order valence-corrected chi connectivity index (χ2v) is 7.45. The Bertz CT molecular complexity index is 809. The third-order valence-corrected chi connectivity index (χ3v) is 6.18. The fourth-order valence-corrected chi connectivity index (χ4v) is 4.35. The maximum atomic E-state index is 14.8. The highest BCUT2D eigenvalue weighted by molar-refractivity contribution is 5.88. The zero-order chi connectivity index (χ0) is 25.6. The van der Waals surface area contributed by atoms with E-state index < -0.39 is 76.1 Å². The van der Waals surface area contributed by atoms with Crippen LogP contribution >= 0.6 is 0 Å². The molecule has 0 aromatic heterocycles. The number of hydrogen-bond donors (Lipinski definition) is 0. The Balaban J connectivity index is 2.64. The summed E-state index contributed by atoms with van der Waals surface area (Å²) in [5, 5.41) is 0. The van der Waals surface area contributed by atoms with Crippen molar-refractivity contribution in [2.45, 2.75) is 71.5 Å². The molecule has 0 atom stereocenters. The Kier molecular flexibility index (Phi) is 4.09. The van der Waals surface area contributed by atoms with Crippen LogP contribution in [0.15, 0.2) is 12.2 Å². The molecule has 2 nitrogen and oxygen atoms in total. The molecule has 184 valence electrons. The first kappa shape index (κ1) is 24.8. The van der Waals surface area contributed by atoms with Crippen LogP contribution in [-0.4, -0.2) is 64.1 Å². The Hall–Kier alpha value is -1.84. The van der Waals surface area contributed by atoms with Gasteiger partial charge in [0.2, 0.25) is 0 Å². The van der Waals surface area contributed by atoms with Gasteiger partial charge in [-0.25, -0.2) is 18.0 Å². The summed E-state index contributed by atoms with van der Waals surface area (Å²) >= 11 is 0. The van der Waals surface area contributed by atoms with Gasteiger partial charge in [-0.3, -0.25) is 0 Å². The SMILES string of the molecule is C=C(CC)C(=O)OC12C(F)(F)C3(F)C(F)(F)C(F)(C(F)(F)C(F)(C3(F)F)C1(F)F)C2(F)F. The van der Waals surface area contributed by atoms with E-state index in [4.69, 9.17) is 0 Å². The number of carbonyl (C=O) groups excluding carboxylic acids is 1. The minimum Gasteiger partial charge on any atom is -0.436 e.